The Labute approximate surface area is 156 Å². The first-order valence-electron chi connectivity index (χ1n) is 8.09. The molecule has 0 atom stereocenters. The van der Waals surface area contributed by atoms with Crippen LogP contribution in [0.15, 0.2) is 53.0 Å². The Morgan fingerprint density at radius 1 is 1.04 bits per heavy atom. The van der Waals surface area contributed by atoms with Crippen molar-refractivity contribution < 1.29 is 9.53 Å². The summed E-state index contributed by atoms with van der Waals surface area (Å²) >= 11 is 3.45. The molecule has 0 aliphatic heterocycles. The maximum absolute atomic E-state index is 12.2. The fourth-order valence-corrected chi connectivity index (χ4v) is 3.13. The Bertz CT molecular complexity index is 941. The standard InChI is InChI=1S/C21H20BrNO2/c1-21(2,3)14-7-5-13(6-8-14)19-12-17(20(24)25-4)16-11-15(22)9-10-18(16)23-19/h5-12H,1-4H3. The van der Waals surface area contributed by atoms with Crippen LogP contribution in [0, 0.1) is 0 Å². The number of pyridine rings is 1. The van der Waals surface area contributed by atoms with Crippen LogP contribution in [0.5, 0.6) is 0 Å². The summed E-state index contributed by atoms with van der Waals surface area (Å²) in [5.74, 6) is -0.363. The van der Waals surface area contributed by atoms with Crippen molar-refractivity contribution in [3.63, 3.8) is 0 Å². The summed E-state index contributed by atoms with van der Waals surface area (Å²) in [6.45, 7) is 6.55. The molecule has 3 nitrogen and oxygen atoms in total. The second-order valence-corrected chi connectivity index (χ2v) is 7.95. The van der Waals surface area contributed by atoms with Crippen molar-refractivity contribution in [1.29, 1.82) is 0 Å². The molecule has 0 saturated carbocycles. The lowest BCUT2D eigenvalue weighted by Gasteiger charge is -2.19. The molecule has 3 rings (SSSR count). The normalized spacial score (nSPS) is 11.6. The van der Waals surface area contributed by atoms with Gasteiger partial charge in [-0.15, -0.1) is 0 Å². The number of benzene rings is 2. The van der Waals surface area contributed by atoms with Crippen LogP contribution in [0.4, 0.5) is 0 Å². The summed E-state index contributed by atoms with van der Waals surface area (Å²) in [4.78, 5) is 17.0. The third kappa shape index (κ3) is 3.59. The van der Waals surface area contributed by atoms with Crippen LogP contribution in [0.25, 0.3) is 22.2 Å². The van der Waals surface area contributed by atoms with E-state index < -0.39 is 0 Å². The number of esters is 1. The Balaban J connectivity index is 2.17. The van der Waals surface area contributed by atoms with E-state index in [1.807, 2.05) is 18.2 Å². The highest BCUT2D eigenvalue weighted by Gasteiger charge is 2.16. The Kier molecular flexibility index (Phi) is 4.65. The number of nitrogens with zero attached hydrogens (tertiary/aromatic N) is 1. The van der Waals surface area contributed by atoms with Gasteiger partial charge >= 0.3 is 5.97 Å². The number of methoxy groups -OCH3 is 1. The van der Waals surface area contributed by atoms with Crippen molar-refractivity contribution in [3.8, 4) is 11.3 Å². The molecule has 128 valence electrons. The number of hydrogen-bond acceptors (Lipinski definition) is 3. The molecule has 1 aromatic heterocycles. The van der Waals surface area contributed by atoms with E-state index in [1.54, 1.807) is 6.07 Å². The zero-order valence-corrected chi connectivity index (χ0v) is 16.3. The summed E-state index contributed by atoms with van der Waals surface area (Å²) in [5.41, 5.74) is 4.37. The fraction of sp³-hybridized carbons (Fsp3) is 0.238. The van der Waals surface area contributed by atoms with Gasteiger partial charge in [0.05, 0.1) is 23.9 Å². The summed E-state index contributed by atoms with van der Waals surface area (Å²) in [5, 5.41) is 0.774. The number of hydrogen-bond donors (Lipinski definition) is 0. The molecule has 0 unspecified atom stereocenters. The van der Waals surface area contributed by atoms with Gasteiger partial charge in [0.2, 0.25) is 0 Å². The maximum Gasteiger partial charge on any atom is 0.338 e. The quantitative estimate of drug-likeness (QED) is 0.516. The summed E-state index contributed by atoms with van der Waals surface area (Å²) < 4.78 is 5.85. The summed E-state index contributed by atoms with van der Waals surface area (Å²) in [7, 11) is 1.39. The topological polar surface area (TPSA) is 39.2 Å². The average Bonchev–Trinajstić information content (AvgIpc) is 2.59. The highest BCUT2D eigenvalue weighted by molar-refractivity contribution is 9.10. The lowest BCUT2D eigenvalue weighted by atomic mass is 9.86. The predicted molar refractivity (Wildman–Crippen MR) is 105 cm³/mol. The van der Waals surface area contributed by atoms with Crippen molar-refractivity contribution in [2.45, 2.75) is 26.2 Å². The maximum atomic E-state index is 12.2. The molecule has 0 amide bonds. The van der Waals surface area contributed by atoms with Crippen molar-refractivity contribution in [1.82, 2.24) is 4.98 Å². The van der Waals surface area contributed by atoms with Gasteiger partial charge in [0.25, 0.3) is 0 Å². The smallest absolute Gasteiger partial charge is 0.338 e. The van der Waals surface area contributed by atoms with Gasteiger partial charge in [0.15, 0.2) is 0 Å². The van der Waals surface area contributed by atoms with Crippen molar-refractivity contribution in [2.24, 2.45) is 0 Å². The Hall–Kier alpha value is -2.20. The molecule has 0 saturated heterocycles. The van der Waals surface area contributed by atoms with E-state index in [-0.39, 0.29) is 11.4 Å². The van der Waals surface area contributed by atoms with Gasteiger partial charge in [0, 0.05) is 15.4 Å². The van der Waals surface area contributed by atoms with Crippen LogP contribution in [0.1, 0.15) is 36.7 Å². The SMILES string of the molecule is COC(=O)c1cc(-c2ccc(C(C)(C)C)cc2)nc2ccc(Br)cc12. The third-order valence-electron chi connectivity index (χ3n) is 4.22. The van der Waals surface area contributed by atoms with Crippen molar-refractivity contribution in [3.05, 3.63) is 64.1 Å². The molecule has 25 heavy (non-hydrogen) atoms. The molecular weight excluding hydrogens is 378 g/mol. The van der Waals surface area contributed by atoms with Gasteiger partial charge in [0.1, 0.15) is 0 Å². The molecule has 3 aromatic rings. The van der Waals surface area contributed by atoms with Crippen LogP contribution < -0.4 is 0 Å². The van der Waals surface area contributed by atoms with E-state index in [0.29, 0.717) is 5.56 Å². The molecule has 2 aromatic carbocycles. The highest BCUT2D eigenvalue weighted by atomic mass is 79.9. The van der Waals surface area contributed by atoms with E-state index in [9.17, 15) is 4.79 Å². The second-order valence-electron chi connectivity index (χ2n) is 7.04. The lowest BCUT2D eigenvalue weighted by Crippen LogP contribution is -2.10. The van der Waals surface area contributed by atoms with E-state index in [1.165, 1.54) is 12.7 Å². The molecule has 0 aliphatic rings. The predicted octanol–water partition coefficient (Wildman–Crippen LogP) is 5.75. The Morgan fingerprint density at radius 3 is 2.32 bits per heavy atom. The number of carbonyl (C=O) groups excluding carboxylic acids is 1. The zero-order valence-electron chi connectivity index (χ0n) is 14.8. The van der Waals surface area contributed by atoms with Crippen LogP contribution >= 0.6 is 15.9 Å². The Morgan fingerprint density at radius 2 is 1.72 bits per heavy atom. The molecule has 0 bridgehead atoms. The van der Waals surface area contributed by atoms with Gasteiger partial charge < -0.3 is 4.74 Å². The van der Waals surface area contributed by atoms with Gasteiger partial charge in [-0.2, -0.15) is 0 Å². The lowest BCUT2D eigenvalue weighted by molar-refractivity contribution is 0.0603. The second kappa shape index (κ2) is 6.60. The summed E-state index contributed by atoms with van der Waals surface area (Å²) in [6.07, 6.45) is 0. The first-order chi connectivity index (χ1) is 11.8. The van der Waals surface area contributed by atoms with Crippen LogP contribution in [0.3, 0.4) is 0 Å². The van der Waals surface area contributed by atoms with Crippen molar-refractivity contribution >= 4 is 32.8 Å². The molecule has 0 spiro atoms. The molecule has 0 fully saturated rings. The van der Waals surface area contributed by atoms with Gasteiger partial charge in [-0.1, -0.05) is 61.0 Å². The first kappa shape index (κ1) is 17.6. The molecule has 1 heterocycles. The van der Waals surface area contributed by atoms with E-state index in [0.717, 1.165) is 26.6 Å². The van der Waals surface area contributed by atoms with Gasteiger partial charge in [-0.25, -0.2) is 9.78 Å². The largest absolute Gasteiger partial charge is 0.465 e. The zero-order chi connectivity index (χ0) is 18.2. The van der Waals surface area contributed by atoms with Crippen LogP contribution in [-0.4, -0.2) is 18.1 Å². The molecule has 4 heteroatoms. The van der Waals surface area contributed by atoms with E-state index in [4.69, 9.17) is 9.72 Å². The van der Waals surface area contributed by atoms with E-state index in [2.05, 4.69) is 61.0 Å². The first-order valence-corrected chi connectivity index (χ1v) is 8.88. The molecule has 0 N–H and O–H groups in total. The number of ether oxygens (including phenoxy) is 1. The van der Waals surface area contributed by atoms with Gasteiger partial charge in [-0.3, -0.25) is 0 Å². The third-order valence-corrected chi connectivity index (χ3v) is 4.72. The highest BCUT2D eigenvalue weighted by Crippen LogP contribution is 2.29. The molecular formula is C21H20BrNO2. The van der Waals surface area contributed by atoms with Crippen molar-refractivity contribution in [2.75, 3.05) is 7.11 Å². The number of aromatic nitrogens is 1. The minimum absolute atomic E-state index is 0.0960. The average molecular weight is 398 g/mol. The minimum Gasteiger partial charge on any atom is -0.465 e. The summed E-state index contributed by atoms with van der Waals surface area (Å²) in [6, 6.07) is 15.8. The number of rotatable bonds is 2. The number of carbonyl (C=O) groups is 1. The monoisotopic (exact) mass is 397 g/mol. The number of fused-ring (bicyclic) bond motifs is 1. The fourth-order valence-electron chi connectivity index (χ4n) is 2.77. The van der Waals surface area contributed by atoms with Gasteiger partial charge in [-0.05, 0) is 35.2 Å². The van der Waals surface area contributed by atoms with E-state index >= 15 is 0 Å². The van der Waals surface area contributed by atoms with Crippen LogP contribution in [-0.2, 0) is 10.2 Å². The minimum atomic E-state index is -0.363. The molecule has 0 aliphatic carbocycles. The van der Waals surface area contributed by atoms with Crippen LogP contribution in [0.2, 0.25) is 0 Å². The molecule has 0 radical (unpaired) electrons. The number of halogens is 1.